The molecule has 3 N–H and O–H groups in total. The molecule has 1 aromatic carbocycles. The van der Waals surface area contributed by atoms with Gasteiger partial charge in [0.05, 0.1) is 6.04 Å². The van der Waals surface area contributed by atoms with Crippen LogP contribution in [0.15, 0.2) is 22.7 Å². The largest absolute Gasteiger partial charge is 0.329 e. The summed E-state index contributed by atoms with van der Waals surface area (Å²) in [5, 5.41) is 4.08. The van der Waals surface area contributed by atoms with Crippen LogP contribution in [0.3, 0.4) is 0 Å². The molecule has 0 bridgehead atoms. The van der Waals surface area contributed by atoms with Gasteiger partial charge in [-0.2, -0.15) is 0 Å². The first kappa shape index (κ1) is 15.5. The maximum Gasteiger partial charge on any atom is 0.0692 e. The van der Waals surface area contributed by atoms with E-state index in [1.807, 2.05) is 18.2 Å². The molecule has 0 spiro atoms. The van der Waals surface area contributed by atoms with Crippen LogP contribution in [0.1, 0.15) is 31.4 Å². The second-order valence-electron chi connectivity index (χ2n) is 4.13. The zero-order valence-electron chi connectivity index (χ0n) is 10.4. The molecular formula is C14H18BrClN2. The fourth-order valence-electron chi connectivity index (χ4n) is 1.81. The predicted octanol–water partition coefficient (Wildman–Crippen LogP) is 3.49. The second kappa shape index (κ2) is 7.81. The quantitative estimate of drug-likeness (QED) is 0.784. The number of rotatable bonds is 6. The van der Waals surface area contributed by atoms with E-state index in [1.165, 1.54) is 0 Å². The lowest BCUT2D eigenvalue weighted by Gasteiger charge is -2.23. The monoisotopic (exact) mass is 328 g/mol. The zero-order valence-corrected chi connectivity index (χ0v) is 12.8. The van der Waals surface area contributed by atoms with Gasteiger partial charge >= 0.3 is 0 Å². The van der Waals surface area contributed by atoms with Crippen molar-refractivity contribution in [2.75, 3.05) is 6.54 Å². The molecule has 0 aromatic heterocycles. The Morgan fingerprint density at radius 2 is 2.28 bits per heavy atom. The van der Waals surface area contributed by atoms with Gasteiger partial charge in [0, 0.05) is 22.1 Å². The van der Waals surface area contributed by atoms with E-state index in [0.29, 0.717) is 11.6 Å². The summed E-state index contributed by atoms with van der Waals surface area (Å²) in [6, 6.07) is 5.72. The first-order valence-corrected chi connectivity index (χ1v) is 7.16. The van der Waals surface area contributed by atoms with E-state index >= 15 is 0 Å². The van der Waals surface area contributed by atoms with Crippen LogP contribution in [-0.4, -0.2) is 12.6 Å². The van der Waals surface area contributed by atoms with Crippen molar-refractivity contribution >= 4 is 27.5 Å². The number of benzene rings is 1. The minimum absolute atomic E-state index is 0.00525. The Morgan fingerprint density at radius 1 is 1.56 bits per heavy atom. The molecule has 0 amide bonds. The molecule has 0 radical (unpaired) electrons. The van der Waals surface area contributed by atoms with Crippen LogP contribution in [0, 0.1) is 12.3 Å². The van der Waals surface area contributed by atoms with Gasteiger partial charge < -0.3 is 5.73 Å². The highest BCUT2D eigenvalue weighted by molar-refractivity contribution is 9.10. The lowest BCUT2D eigenvalue weighted by atomic mass is 10.0. The summed E-state index contributed by atoms with van der Waals surface area (Å²) in [6.45, 7) is 2.58. The molecule has 4 heteroatoms. The van der Waals surface area contributed by atoms with Gasteiger partial charge in [-0.25, -0.2) is 0 Å². The molecule has 0 aliphatic carbocycles. The van der Waals surface area contributed by atoms with Crippen molar-refractivity contribution in [3.63, 3.8) is 0 Å². The van der Waals surface area contributed by atoms with E-state index in [-0.39, 0.29) is 12.1 Å². The Kier molecular flexibility index (Phi) is 6.73. The van der Waals surface area contributed by atoms with Crippen LogP contribution in [0.4, 0.5) is 0 Å². The van der Waals surface area contributed by atoms with E-state index in [0.717, 1.165) is 22.9 Å². The lowest BCUT2D eigenvalue weighted by molar-refractivity contribution is 0.474. The van der Waals surface area contributed by atoms with Gasteiger partial charge in [0.15, 0.2) is 0 Å². The number of terminal acetylenes is 1. The minimum atomic E-state index is 0.00525. The molecule has 1 aromatic rings. The molecule has 18 heavy (non-hydrogen) atoms. The van der Waals surface area contributed by atoms with Crippen molar-refractivity contribution in [1.82, 2.24) is 5.32 Å². The average molecular weight is 330 g/mol. The molecular weight excluding hydrogens is 312 g/mol. The first-order chi connectivity index (χ1) is 8.62. The highest BCUT2D eigenvalue weighted by atomic mass is 79.9. The predicted molar refractivity (Wildman–Crippen MR) is 81.6 cm³/mol. The van der Waals surface area contributed by atoms with Crippen LogP contribution in [0.25, 0.3) is 0 Å². The second-order valence-corrected chi connectivity index (χ2v) is 5.42. The molecule has 98 valence electrons. The molecule has 0 aliphatic heterocycles. The topological polar surface area (TPSA) is 38.0 Å². The standard InChI is InChI=1S/C14H18BrClN2/c1-3-5-11(4-2)18-14(9-17)12-8-10(16)6-7-13(12)15/h2,6-8,11,14,18H,3,5,9,17H2,1H3. The van der Waals surface area contributed by atoms with E-state index in [4.69, 9.17) is 23.8 Å². The van der Waals surface area contributed by atoms with Crippen molar-refractivity contribution in [2.24, 2.45) is 5.73 Å². The Hall–Kier alpha value is -0.530. The smallest absolute Gasteiger partial charge is 0.0692 e. The van der Waals surface area contributed by atoms with Gasteiger partial charge in [-0.1, -0.05) is 46.8 Å². The number of halogens is 2. The number of nitrogens with two attached hydrogens (primary N) is 1. The van der Waals surface area contributed by atoms with Crippen molar-refractivity contribution in [1.29, 1.82) is 0 Å². The van der Waals surface area contributed by atoms with Gasteiger partial charge in [0.25, 0.3) is 0 Å². The summed E-state index contributed by atoms with van der Waals surface area (Å²) in [6.07, 6.45) is 7.49. The molecule has 1 rings (SSSR count). The molecule has 2 unspecified atom stereocenters. The summed E-state index contributed by atoms with van der Waals surface area (Å²) < 4.78 is 0.988. The molecule has 0 heterocycles. The average Bonchev–Trinajstić information content (AvgIpc) is 2.37. The van der Waals surface area contributed by atoms with Crippen LogP contribution >= 0.6 is 27.5 Å². The zero-order chi connectivity index (χ0) is 13.5. The van der Waals surface area contributed by atoms with E-state index < -0.39 is 0 Å². The number of hydrogen-bond donors (Lipinski definition) is 2. The van der Waals surface area contributed by atoms with Crippen molar-refractivity contribution < 1.29 is 0 Å². The fraction of sp³-hybridized carbons (Fsp3) is 0.429. The number of nitrogens with one attached hydrogen (secondary N) is 1. The van der Waals surface area contributed by atoms with E-state index in [9.17, 15) is 0 Å². The molecule has 0 aliphatic rings. The third-order valence-electron chi connectivity index (χ3n) is 2.75. The molecule has 0 saturated heterocycles. The van der Waals surface area contributed by atoms with E-state index in [2.05, 4.69) is 34.1 Å². The molecule has 0 fully saturated rings. The summed E-state index contributed by atoms with van der Waals surface area (Å²) in [5.74, 6) is 2.76. The summed E-state index contributed by atoms with van der Waals surface area (Å²) in [4.78, 5) is 0. The Morgan fingerprint density at radius 3 is 2.83 bits per heavy atom. The first-order valence-electron chi connectivity index (χ1n) is 5.99. The van der Waals surface area contributed by atoms with Gasteiger partial charge in [0.2, 0.25) is 0 Å². The maximum absolute atomic E-state index is 6.02. The summed E-state index contributed by atoms with van der Waals surface area (Å²) >= 11 is 9.54. The summed E-state index contributed by atoms with van der Waals surface area (Å²) in [7, 11) is 0. The normalized spacial score (nSPS) is 13.9. The van der Waals surface area contributed by atoms with Gasteiger partial charge in [-0.3, -0.25) is 5.32 Å². The third-order valence-corrected chi connectivity index (χ3v) is 3.71. The molecule has 2 atom stereocenters. The highest BCUT2D eigenvalue weighted by Gasteiger charge is 2.16. The number of hydrogen-bond acceptors (Lipinski definition) is 2. The van der Waals surface area contributed by atoms with Crippen LogP contribution < -0.4 is 11.1 Å². The molecule has 0 saturated carbocycles. The Labute approximate surface area is 122 Å². The van der Waals surface area contributed by atoms with Crippen LogP contribution in [0.2, 0.25) is 5.02 Å². The SMILES string of the molecule is C#CC(CCC)NC(CN)c1cc(Cl)ccc1Br. The van der Waals surface area contributed by atoms with Gasteiger partial charge in [0.1, 0.15) is 0 Å². The van der Waals surface area contributed by atoms with Crippen molar-refractivity contribution in [3.8, 4) is 12.3 Å². The van der Waals surface area contributed by atoms with Crippen LogP contribution in [0.5, 0.6) is 0 Å². The minimum Gasteiger partial charge on any atom is -0.329 e. The van der Waals surface area contributed by atoms with Gasteiger partial charge in [-0.15, -0.1) is 6.42 Å². The van der Waals surface area contributed by atoms with Crippen molar-refractivity contribution in [3.05, 3.63) is 33.3 Å². The Bertz CT molecular complexity index is 428. The Balaban J connectivity index is 2.89. The third kappa shape index (κ3) is 4.29. The van der Waals surface area contributed by atoms with Crippen molar-refractivity contribution in [2.45, 2.75) is 31.8 Å². The fourth-order valence-corrected chi connectivity index (χ4v) is 2.52. The molecule has 2 nitrogen and oxygen atoms in total. The van der Waals surface area contributed by atoms with E-state index in [1.54, 1.807) is 0 Å². The highest BCUT2D eigenvalue weighted by Crippen LogP contribution is 2.26. The van der Waals surface area contributed by atoms with Crippen LogP contribution in [-0.2, 0) is 0 Å². The maximum atomic E-state index is 6.02. The van der Waals surface area contributed by atoms with Gasteiger partial charge in [-0.05, 0) is 30.2 Å². The summed E-state index contributed by atoms with van der Waals surface area (Å²) in [5.41, 5.74) is 6.87. The lowest BCUT2D eigenvalue weighted by Crippen LogP contribution is -2.36.